The highest BCUT2D eigenvalue weighted by atomic mass is 16.6. The summed E-state index contributed by atoms with van der Waals surface area (Å²) in [5.74, 6) is -5.41. The molecule has 7 rings (SSSR count). The van der Waals surface area contributed by atoms with Crippen LogP contribution < -0.4 is 5.32 Å². The number of hydrogen-bond acceptors (Lipinski definition) is 9. The lowest BCUT2D eigenvalue weighted by Gasteiger charge is -2.61. The first-order valence-electron chi connectivity index (χ1n) is 18.8. The minimum Gasteiger partial charge on any atom is -0.458 e. The van der Waals surface area contributed by atoms with E-state index in [1.165, 1.54) is 0 Å². The van der Waals surface area contributed by atoms with Crippen molar-refractivity contribution in [1.29, 1.82) is 0 Å². The number of allylic oxidation sites excluding steroid dienone is 1. The third-order valence-corrected chi connectivity index (χ3v) is 12.3. The largest absolute Gasteiger partial charge is 0.458 e. The molecule has 3 aliphatic carbocycles. The van der Waals surface area contributed by atoms with Crippen LogP contribution in [0.4, 0.5) is 0 Å². The quantitative estimate of drug-likeness (QED) is 0.111. The summed E-state index contributed by atoms with van der Waals surface area (Å²) >= 11 is 0. The van der Waals surface area contributed by atoms with Crippen LogP contribution in [0.2, 0.25) is 0 Å². The van der Waals surface area contributed by atoms with Gasteiger partial charge in [-0.2, -0.15) is 0 Å². The molecule has 2 aromatic carbocycles. The van der Waals surface area contributed by atoms with Crippen molar-refractivity contribution >= 4 is 23.8 Å². The fourth-order valence-corrected chi connectivity index (χ4v) is 9.66. The number of aromatic amines is 1. The van der Waals surface area contributed by atoms with E-state index in [2.05, 4.69) is 16.4 Å². The van der Waals surface area contributed by atoms with Gasteiger partial charge in [-0.1, -0.05) is 86.7 Å². The predicted octanol–water partition coefficient (Wildman–Crippen LogP) is 5.15. The molecule has 12 atom stereocenters. The second kappa shape index (κ2) is 15.0. The molecule has 2 fully saturated rings. The van der Waals surface area contributed by atoms with Crippen LogP contribution in [0.25, 0.3) is 11.1 Å². The topological polar surface area (TPSA) is 164 Å². The zero-order chi connectivity index (χ0) is 38.3. The predicted molar refractivity (Wildman–Crippen MR) is 198 cm³/mol. The first-order chi connectivity index (χ1) is 25.9. The Morgan fingerprint density at radius 2 is 1.76 bits per heavy atom. The molecule has 0 radical (unpaired) electrons. The van der Waals surface area contributed by atoms with E-state index < -0.39 is 65.7 Å². The van der Waals surface area contributed by atoms with Gasteiger partial charge >= 0.3 is 23.8 Å². The van der Waals surface area contributed by atoms with E-state index in [1.54, 1.807) is 25.3 Å². The van der Waals surface area contributed by atoms with E-state index in [-0.39, 0.29) is 49.0 Å². The minimum absolute atomic E-state index is 0.00336. The minimum atomic E-state index is -1.41. The Balaban J connectivity index is 1.06. The van der Waals surface area contributed by atoms with Crippen LogP contribution in [0.15, 0.2) is 96.7 Å². The molecule has 5 unspecified atom stereocenters. The summed E-state index contributed by atoms with van der Waals surface area (Å²) in [6.45, 7) is 7.22. The summed E-state index contributed by atoms with van der Waals surface area (Å²) in [4.78, 5) is 55.1. The average Bonchev–Trinajstić information content (AvgIpc) is 3.77. The van der Waals surface area contributed by atoms with Crippen LogP contribution in [0.3, 0.4) is 0 Å². The maximum Gasteiger partial charge on any atom is 0.397 e. The number of carbonyl (C=O) groups is 4. The molecule has 0 bridgehead atoms. The van der Waals surface area contributed by atoms with Crippen molar-refractivity contribution < 1.29 is 43.6 Å². The SMILES string of the molecule is C/C1=C\[C@@H](C)C([C@@H](C)OC(=O)C(=O)NCc2ccccc2-c2ccccc2)OC(=O)CCC2C=CC3C(C4[C@H]3[C@H](OC(=O)c3ccc[nH]3)[C@H](C)[C@H]4O)[C@]12O. The van der Waals surface area contributed by atoms with E-state index in [0.29, 0.717) is 11.3 Å². The van der Waals surface area contributed by atoms with Crippen LogP contribution in [-0.4, -0.2) is 69.0 Å². The summed E-state index contributed by atoms with van der Waals surface area (Å²) in [5, 5.41) is 27.0. The van der Waals surface area contributed by atoms with Crippen molar-refractivity contribution in [2.75, 3.05) is 0 Å². The second-order valence-corrected chi connectivity index (χ2v) is 15.4. The lowest BCUT2D eigenvalue weighted by molar-refractivity contribution is -0.180. The highest BCUT2D eigenvalue weighted by molar-refractivity contribution is 6.32. The molecule has 2 heterocycles. The summed E-state index contributed by atoms with van der Waals surface area (Å²) in [5.41, 5.74) is 2.31. The molecular weight excluding hydrogens is 688 g/mol. The normalized spacial score (nSPS) is 34.3. The van der Waals surface area contributed by atoms with Gasteiger partial charge in [-0.3, -0.25) is 9.59 Å². The maximum absolute atomic E-state index is 13.3. The van der Waals surface area contributed by atoms with Crippen molar-refractivity contribution in [1.82, 2.24) is 10.3 Å². The number of aliphatic hydroxyl groups excluding tert-OH is 1. The first-order valence-corrected chi connectivity index (χ1v) is 18.8. The summed E-state index contributed by atoms with van der Waals surface area (Å²) in [6.07, 6.45) is 4.49. The number of fused-ring (bicyclic) bond motifs is 6. The summed E-state index contributed by atoms with van der Waals surface area (Å²) < 4.78 is 17.5. The van der Waals surface area contributed by atoms with Gasteiger partial charge in [-0.15, -0.1) is 0 Å². The zero-order valence-electron chi connectivity index (χ0n) is 30.9. The lowest BCUT2D eigenvalue weighted by Crippen LogP contribution is -2.64. The highest BCUT2D eigenvalue weighted by Crippen LogP contribution is 2.66. The maximum atomic E-state index is 13.3. The van der Waals surface area contributed by atoms with Gasteiger partial charge in [0.1, 0.15) is 24.0 Å². The Labute approximate surface area is 314 Å². The van der Waals surface area contributed by atoms with Crippen molar-refractivity contribution in [3.63, 3.8) is 0 Å². The molecule has 54 heavy (non-hydrogen) atoms. The van der Waals surface area contributed by atoms with E-state index in [4.69, 9.17) is 14.2 Å². The van der Waals surface area contributed by atoms with Crippen molar-refractivity contribution in [3.8, 4) is 11.1 Å². The van der Waals surface area contributed by atoms with E-state index in [9.17, 15) is 29.4 Å². The van der Waals surface area contributed by atoms with Crippen LogP contribution in [0.1, 0.15) is 56.6 Å². The number of aromatic nitrogens is 1. The van der Waals surface area contributed by atoms with Gasteiger partial charge in [0.25, 0.3) is 0 Å². The number of benzene rings is 2. The van der Waals surface area contributed by atoms with Crippen LogP contribution >= 0.6 is 0 Å². The number of aliphatic hydroxyl groups is 2. The summed E-state index contributed by atoms with van der Waals surface area (Å²) in [7, 11) is 0. The van der Waals surface area contributed by atoms with Crippen molar-refractivity contribution in [2.45, 2.75) is 77.1 Å². The smallest absolute Gasteiger partial charge is 0.397 e. The Bertz CT molecular complexity index is 1940. The molecule has 3 aromatic rings. The molecular formula is C43H48N2O9. The van der Waals surface area contributed by atoms with Gasteiger partial charge < -0.3 is 34.7 Å². The number of hydrogen-bond donors (Lipinski definition) is 4. The Hall–Kier alpha value is -5.00. The number of rotatable bonds is 7. The molecule has 0 saturated heterocycles. The number of ether oxygens (including phenoxy) is 3. The number of H-pyrrole nitrogens is 1. The van der Waals surface area contributed by atoms with Gasteiger partial charge in [0.15, 0.2) is 0 Å². The molecule has 4 aliphatic rings. The third kappa shape index (κ3) is 6.68. The second-order valence-electron chi connectivity index (χ2n) is 15.4. The van der Waals surface area contributed by atoms with Crippen LogP contribution in [0, 0.1) is 41.4 Å². The number of carbonyl (C=O) groups excluding carboxylic acids is 4. The highest BCUT2D eigenvalue weighted by Gasteiger charge is 2.70. The number of cyclic esters (lactones) is 1. The molecule has 1 amide bonds. The van der Waals surface area contributed by atoms with E-state index >= 15 is 0 Å². The van der Waals surface area contributed by atoms with Gasteiger partial charge in [0.2, 0.25) is 0 Å². The fourth-order valence-electron chi connectivity index (χ4n) is 9.66. The van der Waals surface area contributed by atoms with E-state index in [1.807, 2.05) is 87.5 Å². The molecule has 284 valence electrons. The van der Waals surface area contributed by atoms with Crippen LogP contribution in [-0.2, 0) is 35.1 Å². The Kier molecular flexibility index (Phi) is 10.4. The van der Waals surface area contributed by atoms with Gasteiger partial charge in [-0.05, 0) is 66.5 Å². The Morgan fingerprint density at radius 1 is 1.02 bits per heavy atom. The van der Waals surface area contributed by atoms with Crippen molar-refractivity contribution in [3.05, 3.63) is 108 Å². The zero-order valence-corrected chi connectivity index (χ0v) is 30.9. The fraction of sp³-hybridized carbons (Fsp3) is 0.442. The number of nitrogens with one attached hydrogen (secondary N) is 2. The molecule has 4 N–H and O–H groups in total. The first kappa shape index (κ1) is 37.3. The monoisotopic (exact) mass is 736 g/mol. The lowest BCUT2D eigenvalue weighted by atomic mass is 9.46. The third-order valence-electron chi connectivity index (χ3n) is 12.3. The molecule has 0 spiro atoms. The van der Waals surface area contributed by atoms with Gasteiger partial charge in [0, 0.05) is 48.8 Å². The average molecular weight is 737 g/mol. The van der Waals surface area contributed by atoms with E-state index in [0.717, 1.165) is 16.7 Å². The Morgan fingerprint density at radius 3 is 2.50 bits per heavy atom. The molecule has 11 nitrogen and oxygen atoms in total. The summed E-state index contributed by atoms with van der Waals surface area (Å²) in [6, 6.07) is 20.7. The number of esters is 3. The molecule has 1 aliphatic heterocycles. The van der Waals surface area contributed by atoms with Gasteiger partial charge in [-0.25, -0.2) is 9.59 Å². The number of amides is 1. The molecule has 1 aromatic heterocycles. The standard InChI is InChI=1S/C43H48N2O9/c1-23-21-24(2)43(51)29(16-18-31-34-35(36(31)43)37(47)25(3)39(34)54-41(49)32-15-10-20-44-32)17-19-33(46)53-38(23)26(4)52-42(50)40(48)45-22-28-13-8-9-14-30(28)27-11-6-5-7-12-27/h5-16,18,20-21,23,25-26,29,31,34-39,44,47,51H,17,19,22H2,1-4H3,(H,45,48)/b24-21+/t23-,25-,26-,29?,31?,34+,35?,36?,37-,38?,39-,43+/m1/s1. The molecule has 11 heteroatoms. The van der Waals surface area contributed by atoms with Crippen molar-refractivity contribution in [2.24, 2.45) is 41.4 Å². The van der Waals surface area contributed by atoms with Gasteiger partial charge in [0.05, 0.1) is 11.7 Å². The van der Waals surface area contributed by atoms with Crippen LogP contribution in [0.5, 0.6) is 0 Å². The molecule has 2 saturated carbocycles.